The molecule has 4 nitrogen and oxygen atoms in total. The molecule has 0 saturated heterocycles. The smallest absolute Gasteiger partial charge is 0.339 e. The first kappa shape index (κ1) is 14.2. The molecule has 0 aliphatic rings. The zero-order valence-corrected chi connectivity index (χ0v) is 12.5. The van der Waals surface area contributed by atoms with Crippen LogP contribution in [0.5, 0.6) is 0 Å². The van der Waals surface area contributed by atoms with E-state index in [1.54, 1.807) is 19.2 Å². The number of aryl methyl sites for hydroxylation is 1. The fourth-order valence-electron chi connectivity index (χ4n) is 2.36. The van der Waals surface area contributed by atoms with Crippen molar-refractivity contribution in [2.75, 3.05) is 6.61 Å². The zero-order chi connectivity index (χ0) is 15.5. The number of rotatable bonds is 3. The van der Waals surface area contributed by atoms with Crippen molar-refractivity contribution in [1.29, 1.82) is 0 Å². The normalized spacial score (nSPS) is 10.6. The Morgan fingerprint density at radius 3 is 2.77 bits per heavy atom. The summed E-state index contributed by atoms with van der Waals surface area (Å²) in [6.45, 7) is 3.95. The lowest BCUT2D eigenvalue weighted by molar-refractivity contribution is 0.0525. The molecule has 0 aliphatic heterocycles. The molecule has 0 saturated carbocycles. The molecule has 0 radical (unpaired) electrons. The summed E-state index contributed by atoms with van der Waals surface area (Å²) in [5.74, 6) is -0.337. The first-order valence-electron chi connectivity index (χ1n) is 7.19. The van der Waals surface area contributed by atoms with Crippen LogP contribution in [0.15, 0.2) is 48.7 Å². The number of esters is 1. The van der Waals surface area contributed by atoms with Crippen LogP contribution in [0.2, 0.25) is 0 Å². The molecule has 0 fully saturated rings. The number of carbonyl (C=O) groups is 1. The van der Waals surface area contributed by atoms with Crippen molar-refractivity contribution >= 4 is 16.9 Å². The van der Waals surface area contributed by atoms with Gasteiger partial charge in [-0.2, -0.15) is 0 Å². The second-order valence-electron chi connectivity index (χ2n) is 4.97. The van der Waals surface area contributed by atoms with Gasteiger partial charge in [-0.1, -0.05) is 18.2 Å². The molecule has 3 aromatic rings. The van der Waals surface area contributed by atoms with Gasteiger partial charge in [0, 0.05) is 17.1 Å². The van der Waals surface area contributed by atoms with Crippen molar-refractivity contribution in [3.8, 4) is 11.3 Å². The first-order valence-corrected chi connectivity index (χ1v) is 7.19. The first-order chi connectivity index (χ1) is 10.7. The van der Waals surface area contributed by atoms with Gasteiger partial charge in [-0.3, -0.25) is 9.97 Å². The van der Waals surface area contributed by atoms with Crippen LogP contribution in [-0.4, -0.2) is 22.5 Å². The van der Waals surface area contributed by atoms with E-state index in [1.165, 1.54) is 0 Å². The Balaban J connectivity index is 2.00. The fraction of sp³-hybridized carbons (Fsp3) is 0.167. The van der Waals surface area contributed by atoms with Gasteiger partial charge in [0.2, 0.25) is 0 Å². The third-order valence-electron chi connectivity index (χ3n) is 3.47. The van der Waals surface area contributed by atoms with Crippen molar-refractivity contribution in [2.45, 2.75) is 13.8 Å². The highest BCUT2D eigenvalue weighted by molar-refractivity contribution is 5.91. The molecule has 4 heteroatoms. The summed E-state index contributed by atoms with van der Waals surface area (Å²) in [7, 11) is 0. The number of pyridine rings is 2. The van der Waals surface area contributed by atoms with Gasteiger partial charge in [0.05, 0.1) is 29.1 Å². The van der Waals surface area contributed by atoms with E-state index in [0.29, 0.717) is 17.9 Å². The van der Waals surface area contributed by atoms with Crippen molar-refractivity contribution in [2.24, 2.45) is 0 Å². The lowest BCUT2D eigenvalue weighted by Gasteiger charge is -2.08. The van der Waals surface area contributed by atoms with Crippen molar-refractivity contribution in [3.63, 3.8) is 0 Å². The third-order valence-corrected chi connectivity index (χ3v) is 3.47. The molecule has 22 heavy (non-hydrogen) atoms. The molecule has 0 unspecified atom stereocenters. The Hall–Kier alpha value is -2.75. The van der Waals surface area contributed by atoms with E-state index in [0.717, 1.165) is 22.2 Å². The van der Waals surface area contributed by atoms with Gasteiger partial charge in [0.1, 0.15) is 0 Å². The maximum Gasteiger partial charge on any atom is 0.339 e. The molecule has 0 atom stereocenters. The average Bonchev–Trinajstić information content (AvgIpc) is 2.54. The highest BCUT2D eigenvalue weighted by atomic mass is 16.5. The predicted molar refractivity (Wildman–Crippen MR) is 85.7 cm³/mol. The number of ether oxygens (including phenoxy) is 1. The SMILES string of the molecule is CCOC(=O)c1ccc(-c2cnc3ccccc3c2)nc1C. The number of benzene rings is 1. The van der Waals surface area contributed by atoms with E-state index in [1.807, 2.05) is 43.3 Å². The van der Waals surface area contributed by atoms with Crippen LogP contribution in [0.25, 0.3) is 22.2 Å². The minimum Gasteiger partial charge on any atom is -0.462 e. The largest absolute Gasteiger partial charge is 0.462 e. The van der Waals surface area contributed by atoms with Gasteiger partial charge in [-0.25, -0.2) is 4.79 Å². The predicted octanol–water partition coefficient (Wildman–Crippen LogP) is 3.78. The van der Waals surface area contributed by atoms with Crippen molar-refractivity contribution in [3.05, 3.63) is 59.9 Å². The molecule has 0 amide bonds. The van der Waals surface area contributed by atoms with E-state index >= 15 is 0 Å². The van der Waals surface area contributed by atoms with Gasteiger partial charge in [0.25, 0.3) is 0 Å². The van der Waals surface area contributed by atoms with E-state index < -0.39 is 0 Å². The van der Waals surface area contributed by atoms with Crippen LogP contribution in [-0.2, 0) is 4.74 Å². The number of nitrogens with zero attached hydrogens (tertiary/aromatic N) is 2. The standard InChI is InChI=1S/C18H16N2O2/c1-3-22-18(21)15-8-9-17(20-12(15)2)14-10-13-6-4-5-7-16(13)19-11-14/h4-11H,3H2,1-2H3. The monoisotopic (exact) mass is 292 g/mol. The van der Waals surface area contributed by atoms with Crippen LogP contribution in [0, 0.1) is 6.92 Å². The Bertz CT molecular complexity index is 843. The Morgan fingerprint density at radius 2 is 2.00 bits per heavy atom. The third kappa shape index (κ3) is 2.68. The van der Waals surface area contributed by atoms with E-state index in [-0.39, 0.29) is 5.97 Å². The highest BCUT2D eigenvalue weighted by Crippen LogP contribution is 2.22. The molecule has 1 aromatic carbocycles. The molecular weight excluding hydrogens is 276 g/mol. The number of para-hydroxylation sites is 1. The van der Waals surface area contributed by atoms with E-state index in [4.69, 9.17) is 4.74 Å². The minimum absolute atomic E-state index is 0.337. The maximum absolute atomic E-state index is 11.8. The summed E-state index contributed by atoms with van der Waals surface area (Å²) in [5.41, 5.74) is 3.83. The van der Waals surface area contributed by atoms with Crippen molar-refractivity contribution < 1.29 is 9.53 Å². The summed E-state index contributed by atoms with van der Waals surface area (Å²) in [4.78, 5) is 20.8. The number of fused-ring (bicyclic) bond motifs is 1. The second-order valence-corrected chi connectivity index (χ2v) is 4.97. The van der Waals surface area contributed by atoms with Crippen molar-refractivity contribution in [1.82, 2.24) is 9.97 Å². The summed E-state index contributed by atoms with van der Waals surface area (Å²) in [5, 5.41) is 1.06. The van der Waals surface area contributed by atoms with Crippen LogP contribution in [0.3, 0.4) is 0 Å². The topological polar surface area (TPSA) is 52.1 Å². The van der Waals surface area contributed by atoms with Gasteiger partial charge >= 0.3 is 5.97 Å². The maximum atomic E-state index is 11.8. The molecule has 0 N–H and O–H groups in total. The van der Waals surface area contributed by atoms with Gasteiger partial charge in [-0.15, -0.1) is 0 Å². The van der Waals surface area contributed by atoms with E-state index in [9.17, 15) is 4.79 Å². The lowest BCUT2D eigenvalue weighted by atomic mass is 10.1. The highest BCUT2D eigenvalue weighted by Gasteiger charge is 2.12. The molecule has 0 aliphatic carbocycles. The molecule has 0 spiro atoms. The quantitative estimate of drug-likeness (QED) is 0.689. The average molecular weight is 292 g/mol. The molecule has 0 bridgehead atoms. The van der Waals surface area contributed by atoms with Crippen LogP contribution < -0.4 is 0 Å². The number of hydrogen-bond donors (Lipinski definition) is 0. The van der Waals surface area contributed by atoms with Gasteiger partial charge in [0.15, 0.2) is 0 Å². The van der Waals surface area contributed by atoms with Crippen LogP contribution in [0.1, 0.15) is 23.0 Å². The van der Waals surface area contributed by atoms with Crippen LogP contribution in [0.4, 0.5) is 0 Å². The molecule has 2 aromatic heterocycles. The van der Waals surface area contributed by atoms with E-state index in [2.05, 4.69) is 9.97 Å². The summed E-state index contributed by atoms with van der Waals surface area (Å²) in [6, 6.07) is 13.6. The molecule has 110 valence electrons. The lowest BCUT2D eigenvalue weighted by Crippen LogP contribution is -2.08. The zero-order valence-electron chi connectivity index (χ0n) is 12.5. The summed E-state index contributed by atoms with van der Waals surface area (Å²) in [6.07, 6.45) is 1.80. The summed E-state index contributed by atoms with van der Waals surface area (Å²) >= 11 is 0. The number of aromatic nitrogens is 2. The molecule has 2 heterocycles. The Labute approximate surface area is 128 Å². The Morgan fingerprint density at radius 1 is 1.18 bits per heavy atom. The summed E-state index contributed by atoms with van der Waals surface area (Å²) < 4.78 is 5.02. The number of carbonyl (C=O) groups excluding carboxylic acids is 1. The van der Waals surface area contributed by atoms with Gasteiger partial charge in [-0.05, 0) is 38.1 Å². The van der Waals surface area contributed by atoms with Gasteiger partial charge < -0.3 is 4.74 Å². The van der Waals surface area contributed by atoms with Crippen LogP contribution >= 0.6 is 0 Å². The second kappa shape index (κ2) is 5.93. The fourth-order valence-corrected chi connectivity index (χ4v) is 2.36. The molecular formula is C18H16N2O2. The molecule has 3 rings (SSSR count). The minimum atomic E-state index is -0.337. The Kier molecular flexibility index (Phi) is 3.83. The number of hydrogen-bond acceptors (Lipinski definition) is 4.